The molecule has 0 radical (unpaired) electrons. The summed E-state index contributed by atoms with van der Waals surface area (Å²) < 4.78 is 5.37. The molecule has 0 fully saturated rings. The molecular formula is C18H19N3O4. The van der Waals surface area contributed by atoms with Crippen molar-refractivity contribution in [2.45, 2.75) is 6.92 Å². The highest BCUT2D eigenvalue weighted by atomic mass is 16.5. The van der Waals surface area contributed by atoms with Crippen LogP contribution in [-0.4, -0.2) is 30.9 Å². The molecule has 0 aromatic heterocycles. The maximum absolute atomic E-state index is 12.3. The number of benzene rings is 2. The first-order valence-corrected chi connectivity index (χ1v) is 7.70. The Balaban J connectivity index is 2.00. The normalized spacial score (nSPS) is 9.96. The molecule has 0 aliphatic rings. The maximum Gasteiger partial charge on any atom is 0.255 e. The van der Waals surface area contributed by atoms with Crippen LogP contribution in [0.25, 0.3) is 0 Å². The summed E-state index contributed by atoms with van der Waals surface area (Å²) in [6.07, 6.45) is 0. The van der Waals surface area contributed by atoms with Gasteiger partial charge in [-0.15, -0.1) is 0 Å². The van der Waals surface area contributed by atoms with Crippen molar-refractivity contribution in [3.05, 3.63) is 59.7 Å². The number of ether oxygens (including phenoxy) is 1. The van der Waals surface area contributed by atoms with Crippen LogP contribution in [0, 0.1) is 0 Å². The molecular weight excluding hydrogens is 322 g/mol. The van der Waals surface area contributed by atoms with E-state index in [-0.39, 0.29) is 12.5 Å². The molecule has 2 aromatic rings. The van der Waals surface area contributed by atoms with Gasteiger partial charge < -0.3 is 21.1 Å². The zero-order valence-corrected chi connectivity index (χ0v) is 13.7. The quantitative estimate of drug-likeness (QED) is 0.709. The summed E-state index contributed by atoms with van der Waals surface area (Å²) in [6.45, 7) is 2.16. The van der Waals surface area contributed by atoms with Crippen LogP contribution in [0.1, 0.15) is 27.6 Å². The molecule has 0 unspecified atom stereocenters. The molecule has 0 spiro atoms. The molecule has 0 heterocycles. The van der Waals surface area contributed by atoms with Crippen LogP contribution in [0.4, 0.5) is 5.69 Å². The lowest BCUT2D eigenvalue weighted by molar-refractivity contribution is -0.117. The zero-order valence-electron chi connectivity index (χ0n) is 13.7. The summed E-state index contributed by atoms with van der Waals surface area (Å²) in [5.41, 5.74) is 6.34. The van der Waals surface area contributed by atoms with Gasteiger partial charge in [-0.3, -0.25) is 14.4 Å². The van der Waals surface area contributed by atoms with E-state index in [2.05, 4.69) is 10.6 Å². The van der Waals surface area contributed by atoms with Gasteiger partial charge in [-0.05, 0) is 49.4 Å². The SMILES string of the molecule is CCOc1cccc(C(=O)Nc2ccc(C(=O)NCC(N)=O)cc2)c1. The smallest absolute Gasteiger partial charge is 0.255 e. The van der Waals surface area contributed by atoms with Crippen molar-refractivity contribution in [1.29, 1.82) is 0 Å². The van der Waals surface area contributed by atoms with Gasteiger partial charge in [-0.25, -0.2) is 0 Å². The second-order valence-electron chi connectivity index (χ2n) is 5.14. The molecule has 2 aromatic carbocycles. The number of primary amides is 1. The van der Waals surface area contributed by atoms with Gasteiger partial charge >= 0.3 is 0 Å². The van der Waals surface area contributed by atoms with Gasteiger partial charge in [0.15, 0.2) is 0 Å². The van der Waals surface area contributed by atoms with E-state index in [0.29, 0.717) is 29.2 Å². The number of hydrogen-bond acceptors (Lipinski definition) is 4. The van der Waals surface area contributed by atoms with Crippen molar-refractivity contribution in [3.63, 3.8) is 0 Å². The molecule has 130 valence electrons. The highest BCUT2D eigenvalue weighted by molar-refractivity contribution is 6.05. The van der Waals surface area contributed by atoms with Gasteiger partial charge in [-0.1, -0.05) is 6.07 Å². The number of carbonyl (C=O) groups excluding carboxylic acids is 3. The first-order chi connectivity index (χ1) is 12.0. The maximum atomic E-state index is 12.3. The number of carbonyl (C=O) groups is 3. The highest BCUT2D eigenvalue weighted by Gasteiger charge is 2.09. The molecule has 0 saturated heterocycles. The van der Waals surface area contributed by atoms with Crippen molar-refractivity contribution in [2.24, 2.45) is 5.73 Å². The van der Waals surface area contributed by atoms with Gasteiger partial charge in [0.05, 0.1) is 13.2 Å². The monoisotopic (exact) mass is 341 g/mol. The van der Waals surface area contributed by atoms with E-state index < -0.39 is 11.8 Å². The van der Waals surface area contributed by atoms with Gasteiger partial charge in [0, 0.05) is 16.8 Å². The zero-order chi connectivity index (χ0) is 18.2. The molecule has 0 aliphatic carbocycles. The number of nitrogens with two attached hydrogens (primary N) is 1. The third-order valence-corrected chi connectivity index (χ3v) is 3.24. The Kier molecular flexibility index (Phi) is 6.11. The van der Waals surface area contributed by atoms with Crippen LogP contribution in [0.3, 0.4) is 0 Å². The summed E-state index contributed by atoms with van der Waals surface area (Å²) >= 11 is 0. The van der Waals surface area contributed by atoms with Crippen LogP contribution in [0.5, 0.6) is 5.75 Å². The van der Waals surface area contributed by atoms with E-state index in [0.717, 1.165) is 0 Å². The van der Waals surface area contributed by atoms with Gasteiger partial charge in [0.2, 0.25) is 5.91 Å². The molecule has 0 bridgehead atoms. The minimum absolute atomic E-state index is 0.229. The van der Waals surface area contributed by atoms with Crippen LogP contribution >= 0.6 is 0 Å². The minimum Gasteiger partial charge on any atom is -0.494 e. The molecule has 25 heavy (non-hydrogen) atoms. The average Bonchev–Trinajstić information content (AvgIpc) is 2.61. The Labute approximate surface area is 145 Å². The number of hydrogen-bond donors (Lipinski definition) is 3. The summed E-state index contributed by atoms with van der Waals surface area (Å²) in [5.74, 6) is -0.697. The third kappa shape index (κ3) is 5.35. The first-order valence-electron chi connectivity index (χ1n) is 7.70. The van der Waals surface area contributed by atoms with Crippen molar-refractivity contribution in [2.75, 3.05) is 18.5 Å². The number of rotatable bonds is 7. The molecule has 7 heteroatoms. The Bertz CT molecular complexity index is 772. The molecule has 4 N–H and O–H groups in total. The van der Waals surface area contributed by atoms with Gasteiger partial charge in [-0.2, -0.15) is 0 Å². The first kappa shape index (κ1) is 18.0. The van der Waals surface area contributed by atoms with Crippen LogP contribution < -0.4 is 21.1 Å². The fraction of sp³-hybridized carbons (Fsp3) is 0.167. The van der Waals surface area contributed by atoms with Crippen LogP contribution in [-0.2, 0) is 4.79 Å². The van der Waals surface area contributed by atoms with E-state index >= 15 is 0 Å². The molecule has 0 atom stereocenters. The fourth-order valence-corrected chi connectivity index (χ4v) is 2.07. The van der Waals surface area contributed by atoms with Crippen molar-refractivity contribution in [3.8, 4) is 5.75 Å². The summed E-state index contributed by atoms with van der Waals surface area (Å²) in [7, 11) is 0. The summed E-state index contributed by atoms with van der Waals surface area (Å²) in [5, 5.41) is 5.13. The van der Waals surface area contributed by atoms with E-state index in [1.807, 2.05) is 6.92 Å². The lowest BCUT2D eigenvalue weighted by Gasteiger charge is -2.08. The third-order valence-electron chi connectivity index (χ3n) is 3.24. The molecule has 0 aliphatic heterocycles. The number of nitrogens with one attached hydrogen (secondary N) is 2. The van der Waals surface area contributed by atoms with E-state index in [9.17, 15) is 14.4 Å². The molecule has 7 nitrogen and oxygen atoms in total. The Morgan fingerprint density at radius 2 is 1.72 bits per heavy atom. The Morgan fingerprint density at radius 3 is 2.36 bits per heavy atom. The fourth-order valence-electron chi connectivity index (χ4n) is 2.07. The summed E-state index contributed by atoms with van der Waals surface area (Å²) in [6, 6.07) is 13.2. The number of anilines is 1. The van der Waals surface area contributed by atoms with Crippen molar-refractivity contribution < 1.29 is 19.1 Å². The minimum atomic E-state index is -0.619. The topological polar surface area (TPSA) is 111 Å². The van der Waals surface area contributed by atoms with Crippen LogP contribution in [0.15, 0.2) is 48.5 Å². The molecule has 3 amide bonds. The molecule has 2 rings (SSSR count). The number of amides is 3. The standard InChI is InChI=1S/C18H19N3O4/c1-2-25-15-5-3-4-13(10-15)18(24)21-14-8-6-12(7-9-14)17(23)20-11-16(19)22/h3-10H,2,11H2,1H3,(H2,19,22)(H,20,23)(H,21,24). The lowest BCUT2D eigenvalue weighted by atomic mass is 10.1. The van der Waals surface area contributed by atoms with Gasteiger partial charge in [0.25, 0.3) is 11.8 Å². The summed E-state index contributed by atoms with van der Waals surface area (Å²) in [4.78, 5) is 34.7. The van der Waals surface area contributed by atoms with E-state index in [1.165, 1.54) is 0 Å². The Hall–Kier alpha value is -3.35. The second-order valence-corrected chi connectivity index (χ2v) is 5.14. The average molecular weight is 341 g/mol. The largest absolute Gasteiger partial charge is 0.494 e. The van der Waals surface area contributed by atoms with Crippen molar-refractivity contribution >= 4 is 23.4 Å². The highest BCUT2D eigenvalue weighted by Crippen LogP contribution is 2.16. The van der Waals surface area contributed by atoms with Crippen LogP contribution in [0.2, 0.25) is 0 Å². The Morgan fingerprint density at radius 1 is 1.00 bits per heavy atom. The van der Waals surface area contributed by atoms with E-state index in [4.69, 9.17) is 10.5 Å². The lowest BCUT2D eigenvalue weighted by Crippen LogP contribution is -2.33. The second kappa shape index (κ2) is 8.49. The predicted octanol–water partition coefficient (Wildman–Crippen LogP) is 1.55. The molecule has 0 saturated carbocycles. The van der Waals surface area contributed by atoms with Crippen molar-refractivity contribution in [1.82, 2.24) is 5.32 Å². The van der Waals surface area contributed by atoms with E-state index in [1.54, 1.807) is 48.5 Å². The predicted molar refractivity (Wildman–Crippen MR) is 93.5 cm³/mol. The van der Waals surface area contributed by atoms with Gasteiger partial charge in [0.1, 0.15) is 5.75 Å².